The van der Waals surface area contributed by atoms with Crippen LogP contribution in [0, 0.1) is 5.92 Å². The van der Waals surface area contributed by atoms with E-state index in [9.17, 15) is 52.7 Å². The lowest BCUT2D eigenvalue weighted by Gasteiger charge is -2.29. The summed E-state index contributed by atoms with van der Waals surface area (Å²) in [6.07, 6.45) is 2.94. The maximum Gasteiger partial charge on any atom is 0.243 e. The van der Waals surface area contributed by atoms with Gasteiger partial charge in [0.05, 0.1) is 12.6 Å². The average molecular weight is 1090 g/mol. The number of amides is 11. The second-order valence-electron chi connectivity index (χ2n) is 19.4. The Hall–Kier alpha value is -7.12. The average Bonchev–Trinajstić information content (AvgIpc) is 3.89. The number of hydrogen-bond donors (Lipinski definition) is 12. The van der Waals surface area contributed by atoms with E-state index in [2.05, 4.69) is 37.2 Å². The molecule has 3 rings (SSSR count). The first-order chi connectivity index (χ1) is 36.6. The van der Waals surface area contributed by atoms with E-state index in [4.69, 9.17) is 28.7 Å². The molecule has 11 amide bonds. The van der Waals surface area contributed by atoms with Crippen LogP contribution >= 0.6 is 11.8 Å². The van der Waals surface area contributed by atoms with Crippen LogP contribution in [0.5, 0.6) is 0 Å². The van der Waals surface area contributed by atoms with Gasteiger partial charge in [0.25, 0.3) is 0 Å². The van der Waals surface area contributed by atoms with Crippen molar-refractivity contribution in [2.45, 2.75) is 146 Å². The molecule has 77 heavy (non-hydrogen) atoms. The van der Waals surface area contributed by atoms with Gasteiger partial charge in [0.2, 0.25) is 65.0 Å². The van der Waals surface area contributed by atoms with Crippen molar-refractivity contribution in [3.05, 3.63) is 71.8 Å². The van der Waals surface area contributed by atoms with Crippen molar-refractivity contribution in [2.75, 3.05) is 31.6 Å². The molecule has 1 fully saturated rings. The van der Waals surface area contributed by atoms with Gasteiger partial charge in [-0.2, -0.15) is 11.8 Å². The second kappa shape index (κ2) is 33.8. The molecule has 8 unspecified atom stereocenters. The Labute approximate surface area is 453 Å². The van der Waals surface area contributed by atoms with Gasteiger partial charge in [0.15, 0.2) is 0 Å². The Kier molecular flexibility index (Phi) is 28.2. The molecule has 0 spiro atoms. The molecule has 25 heteroatoms. The largest absolute Gasteiger partial charge is 0.370 e. The van der Waals surface area contributed by atoms with Crippen LogP contribution < -0.4 is 65.9 Å². The quantitative estimate of drug-likeness (QED) is 0.0325. The van der Waals surface area contributed by atoms with Crippen LogP contribution in [0.15, 0.2) is 60.7 Å². The predicted molar refractivity (Wildman–Crippen MR) is 289 cm³/mol. The smallest absolute Gasteiger partial charge is 0.243 e. The zero-order valence-corrected chi connectivity index (χ0v) is 45.0. The molecule has 0 radical (unpaired) electrons. The number of nitrogens with one attached hydrogen (secondary N) is 7. The number of thioether (sulfide) groups is 1. The van der Waals surface area contributed by atoms with Gasteiger partial charge in [0.1, 0.15) is 42.3 Å². The van der Waals surface area contributed by atoms with Gasteiger partial charge >= 0.3 is 0 Å². The van der Waals surface area contributed by atoms with Gasteiger partial charge in [-0.05, 0) is 87.0 Å². The summed E-state index contributed by atoms with van der Waals surface area (Å²) in [6.45, 7) is 3.71. The molecule has 0 saturated carbocycles. The zero-order chi connectivity index (χ0) is 57.0. The molecule has 8 atom stereocenters. The van der Waals surface area contributed by atoms with Crippen LogP contribution in [0.3, 0.4) is 0 Å². The Morgan fingerprint density at radius 1 is 0.610 bits per heavy atom. The first kappa shape index (κ1) is 64.2. The summed E-state index contributed by atoms with van der Waals surface area (Å²) in [4.78, 5) is 148. The van der Waals surface area contributed by atoms with Crippen LogP contribution in [-0.2, 0) is 65.6 Å². The number of rotatable bonds is 35. The number of nitrogens with zero attached hydrogens (tertiary/aromatic N) is 1. The minimum absolute atomic E-state index is 0.0731. The third-order valence-corrected chi connectivity index (χ3v) is 13.3. The van der Waals surface area contributed by atoms with Gasteiger partial charge < -0.3 is 70.8 Å². The van der Waals surface area contributed by atoms with Gasteiger partial charge in [-0.25, -0.2) is 0 Å². The number of benzene rings is 2. The van der Waals surface area contributed by atoms with Crippen molar-refractivity contribution in [1.29, 1.82) is 0 Å². The van der Waals surface area contributed by atoms with Crippen molar-refractivity contribution in [3.63, 3.8) is 0 Å². The fourth-order valence-corrected chi connectivity index (χ4v) is 8.97. The molecule has 1 saturated heterocycles. The third-order valence-electron chi connectivity index (χ3n) is 12.6. The summed E-state index contributed by atoms with van der Waals surface area (Å²) < 4.78 is 0. The van der Waals surface area contributed by atoms with Crippen LogP contribution in [0.4, 0.5) is 0 Å². The SMILES string of the molecule is CSCCC(NC(=O)C(CC(C)C)NC(=O)CNC(=O)C(Cc1ccccc1)NC(=O)C(Cc1ccccc1)NC(=O)C(CCC(N)=O)NC(=O)C(CCC(N)=O)NC(=O)C1CCCN1C(=O)C(N)CCCCN)C(N)=O. The number of unbranched alkanes of at least 4 members (excludes halogenated alkanes) is 1. The van der Waals surface area contributed by atoms with E-state index in [0.717, 1.165) is 0 Å². The summed E-state index contributed by atoms with van der Waals surface area (Å²) in [5.41, 5.74) is 29.4. The highest BCUT2D eigenvalue weighted by molar-refractivity contribution is 7.98. The molecule has 1 aliphatic heterocycles. The molecule has 1 aliphatic rings. The first-order valence-electron chi connectivity index (χ1n) is 25.9. The molecule has 0 bridgehead atoms. The lowest BCUT2D eigenvalue weighted by atomic mass is 10.0. The van der Waals surface area contributed by atoms with Crippen molar-refractivity contribution < 1.29 is 52.7 Å². The Morgan fingerprint density at radius 3 is 1.61 bits per heavy atom. The van der Waals surface area contributed by atoms with Gasteiger partial charge in [-0.15, -0.1) is 0 Å². The van der Waals surface area contributed by atoms with Gasteiger partial charge in [-0.3, -0.25) is 52.7 Å². The first-order valence-corrected chi connectivity index (χ1v) is 27.3. The fourth-order valence-electron chi connectivity index (χ4n) is 8.49. The number of carbonyl (C=O) groups is 11. The summed E-state index contributed by atoms with van der Waals surface area (Å²) in [5.74, 6) is -8.00. The van der Waals surface area contributed by atoms with E-state index < -0.39 is 126 Å². The van der Waals surface area contributed by atoms with Crippen LogP contribution in [0.2, 0.25) is 0 Å². The van der Waals surface area contributed by atoms with E-state index in [-0.39, 0.29) is 63.8 Å². The number of carbonyl (C=O) groups excluding carboxylic acids is 11. The molecule has 0 aromatic heterocycles. The fraction of sp³-hybridized carbons (Fsp3) is 0.558. The summed E-state index contributed by atoms with van der Waals surface area (Å²) in [6, 6.07) is 7.37. The normalized spacial score (nSPS) is 15.8. The molecule has 2 aromatic rings. The van der Waals surface area contributed by atoms with Crippen LogP contribution in [0.25, 0.3) is 0 Å². The maximum atomic E-state index is 14.5. The van der Waals surface area contributed by atoms with Crippen molar-refractivity contribution >= 4 is 76.7 Å². The molecule has 0 aliphatic carbocycles. The van der Waals surface area contributed by atoms with E-state index in [0.29, 0.717) is 49.1 Å². The summed E-state index contributed by atoms with van der Waals surface area (Å²) >= 11 is 1.46. The van der Waals surface area contributed by atoms with Crippen molar-refractivity contribution in [3.8, 4) is 0 Å². The number of hydrogen-bond acceptors (Lipinski definition) is 14. The highest BCUT2D eigenvalue weighted by atomic mass is 32.2. The van der Waals surface area contributed by atoms with E-state index >= 15 is 0 Å². The molecular formula is C52H79N13O11S. The lowest BCUT2D eigenvalue weighted by Crippen LogP contribution is -2.60. The van der Waals surface area contributed by atoms with Crippen molar-refractivity contribution in [2.24, 2.45) is 34.6 Å². The van der Waals surface area contributed by atoms with Gasteiger partial charge in [0, 0.05) is 32.2 Å². The van der Waals surface area contributed by atoms with Crippen molar-refractivity contribution in [1.82, 2.24) is 42.1 Å². The Morgan fingerprint density at radius 2 is 1.10 bits per heavy atom. The third kappa shape index (κ3) is 23.3. The molecular weight excluding hydrogens is 1010 g/mol. The molecule has 2 aromatic carbocycles. The Bertz CT molecular complexity index is 2310. The maximum absolute atomic E-state index is 14.5. The molecule has 1 heterocycles. The number of primary amides is 3. The monoisotopic (exact) mass is 1090 g/mol. The summed E-state index contributed by atoms with van der Waals surface area (Å²) in [5, 5.41) is 18.3. The standard InChI is InChI=1S/C52H79N13O11S/c1-31(2)27-38(49(73)60-35(45(57)69)23-26-77-3)59-44(68)30-58-46(70)39(28-32-13-6-4-7-14-32)63-50(74)40(29-33-15-8-5-9-16-33)64-48(72)36(19-21-42(55)66)61-47(71)37(20-22-43(56)67)62-51(75)41-18-12-25-65(41)52(76)34(54)17-10-11-24-53/h4-9,13-16,31,34-41H,10-12,17-30,53-54H2,1-3H3,(H2,55,66)(H2,56,67)(H2,57,69)(H,58,70)(H,59,68)(H,60,73)(H,61,71)(H,62,75)(H,63,74)(H,64,72). The molecule has 424 valence electrons. The van der Waals surface area contributed by atoms with Gasteiger partial charge in [-0.1, -0.05) is 80.9 Å². The zero-order valence-electron chi connectivity index (χ0n) is 44.2. The molecule has 24 nitrogen and oxygen atoms in total. The van der Waals surface area contributed by atoms with E-state index in [1.807, 2.05) is 20.1 Å². The highest BCUT2D eigenvalue weighted by Crippen LogP contribution is 2.20. The van der Waals surface area contributed by atoms with Crippen LogP contribution in [0.1, 0.15) is 95.6 Å². The van der Waals surface area contributed by atoms with Crippen LogP contribution in [-0.4, -0.2) is 150 Å². The topological polar surface area (TPSA) is 405 Å². The predicted octanol–water partition coefficient (Wildman–Crippen LogP) is -2.24. The minimum atomic E-state index is -1.56. The van der Waals surface area contributed by atoms with E-state index in [1.165, 1.54) is 16.7 Å². The number of likely N-dealkylation sites (tertiary alicyclic amines) is 1. The second-order valence-corrected chi connectivity index (χ2v) is 20.4. The molecule has 17 N–H and O–H groups in total. The summed E-state index contributed by atoms with van der Waals surface area (Å²) in [7, 11) is 0. The highest BCUT2D eigenvalue weighted by Gasteiger charge is 2.39. The lowest BCUT2D eigenvalue weighted by molar-refractivity contribution is -0.140. The minimum Gasteiger partial charge on any atom is -0.370 e. The Balaban J connectivity index is 1.88. The van der Waals surface area contributed by atoms with E-state index in [1.54, 1.807) is 60.7 Å². The number of nitrogens with two attached hydrogens (primary N) is 5.